The van der Waals surface area contributed by atoms with Gasteiger partial charge in [-0.3, -0.25) is 15.2 Å². The van der Waals surface area contributed by atoms with Crippen LogP contribution in [-0.2, 0) is 14.8 Å². The van der Waals surface area contributed by atoms with E-state index in [2.05, 4.69) is 5.43 Å². The summed E-state index contributed by atoms with van der Waals surface area (Å²) in [5.41, 5.74) is 4.92. The van der Waals surface area contributed by atoms with Crippen molar-refractivity contribution in [3.63, 3.8) is 0 Å². The van der Waals surface area contributed by atoms with Crippen LogP contribution >= 0.6 is 0 Å². The molecule has 1 saturated heterocycles. The lowest BCUT2D eigenvalue weighted by Gasteiger charge is -2.33. The van der Waals surface area contributed by atoms with E-state index in [1.54, 1.807) is 5.01 Å². The number of aryl methyl sites for hydroxylation is 1. The molecule has 1 fully saturated rings. The molecule has 8 heteroatoms. The van der Waals surface area contributed by atoms with Gasteiger partial charge in [-0.15, -0.1) is 0 Å². The maximum absolute atomic E-state index is 13.1. The van der Waals surface area contributed by atoms with Crippen LogP contribution in [0.15, 0.2) is 53.4 Å². The van der Waals surface area contributed by atoms with Crippen molar-refractivity contribution >= 4 is 21.6 Å². The van der Waals surface area contributed by atoms with Gasteiger partial charge < -0.3 is 0 Å². The number of carbonyl (C=O) groups excluding carboxylic acids is 1. The summed E-state index contributed by atoms with van der Waals surface area (Å²) in [4.78, 5) is 12.9. The monoisotopic (exact) mass is 419 g/mol. The standard InChI is InChI=1S/C21H26FN3O3S/c1-3-25(19-10-6-16(2)7-11-19)23-21(26)17-5-4-14-24(15-17)29(27,28)20-12-8-18(22)9-13-20/h6-13,17H,3-5,14-15H2,1-2H3,(H,23,26)/t17-/m0/s1. The van der Waals surface area contributed by atoms with Gasteiger partial charge in [0.2, 0.25) is 15.9 Å². The third-order valence-corrected chi connectivity index (χ3v) is 6.99. The van der Waals surface area contributed by atoms with Gasteiger partial charge in [0.05, 0.1) is 16.5 Å². The first-order valence-electron chi connectivity index (χ1n) is 9.71. The number of carbonyl (C=O) groups is 1. The summed E-state index contributed by atoms with van der Waals surface area (Å²) in [7, 11) is -3.76. The second-order valence-electron chi connectivity index (χ2n) is 7.21. The Labute approximate surface area is 171 Å². The fourth-order valence-electron chi connectivity index (χ4n) is 3.41. The van der Waals surface area contributed by atoms with Gasteiger partial charge in [0.25, 0.3) is 0 Å². The molecule has 1 amide bonds. The van der Waals surface area contributed by atoms with Crippen LogP contribution in [0, 0.1) is 18.7 Å². The highest BCUT2D eigenvalue weighted by Crippen LogP contribution is 2.24. The van der Waals surface area contributed by atoms with E-state index in [1.165, 1.54) is 16.4 Å². The quantitative estimate of drug-likeness (QED) is 0.731. The van der Waals surface area contributed by atoms with Crippen molar-refractivity contribution in [2.24, 2.45) is 5.92 Å². The van der Waals surface area contributed by atoms with Crippen LogP contribution in [0.2, 0.25) is 0 Å². The molecule has 1 N–H and O–H groups in total. The Morgan fingerprint density at radius 3 is 2.45 bits per heavy atom. The number of anilines is 1. The molecule has 1 atom stereocenters. The van der Waals surface area contributed by atoms with Crippen LogP contribution in [0.1, 0.15) is 25.3 Å². The first kappa shape index (κ1) is 21.3. The number of hydrogen-bond acceptors (Lipinski definition) is 4. The van der Waals surface area contributed by atoms with Gasteiger partial charge in [-0.05, 0) is 63.1 Å². The van der Waals surface area contributed by atoms with Crippen molar-refractivity contribution in [3.8, 4) is 0 Å². The minimum atomic E-state index is -3.76. The second-order valence-corrected chi connectivity index (χ2v) is 9.15. The molecule has 0 spiro atoms. The van der Waals surface area contributed by atoms with E-state index in [-0.39, 0.29) is 17.3 Å². The van der Waals surface area contributed by atoms with Gasteiger partial charge in [-0.25, -0.2) is 12.8 Å². The number of hydrogen-bond donors (Lipinski definition) is 1. The van der Waals surface area contributed by atoms with E-state index in [4.69, 9.17) is 0 Å². The molecule has 2 aromatic carbocycles. The molecule has 0 unspecified atom stereocenters. The Morgan fingerprint density at radius 2 is 1.83 bits per heavy atom. The molecule has 3 rings (SSSR count). The second kappa shape index (κ2) is 8.92. The molecule has 156 valence electrons. The molecule has 6 nitrogen and oxygen atoms in total. The van der Waals surface area contributed by atoms with E-state index >= 15 is 0 Å². The smallest absolute Gasteiger partial charge is 0.243 e. The van der Waals surface area contributed by atoms with Crippen molar-refractivity contribution in [1.29, 1.82) is 0 Å². The maximum Gasteiger partial charge on any atom is 0.243 e. The highest BCUT2D eigenvalue weighted by atomic mass is 32.2. The van der Waals surface area contributed by atoms with E-state index in [0.29, 0.717) is 25.9 Å². The lowest BCUT2D eigenvalue weighted by Crippen LogP contribution is -2.50. The van der Waals surface area contributed by atoms with Crippen molar-refractivity contribution < 1.29 is 17.6 Å². The summed E-state index contributed by atoms with van der Waals surface area (Å²) in [6, 6.07) is 12.6. The van der Waals surface area contributed by atoms with E-state index in [1.807, 2.05) is 38.1 Å². The number of rotatable bonds is 6. The lowest BCUT2D eigenvalue weighted by atomic mass is 9.99. The summed E-state index contributed by atoms with van der Waals surface area (Å²) < 4.78 is 40.2. The summed E-state index contributed by atoms with van der Waals surface area (Å²) in [6.07, 6.45) is 1.21. The number of sulfonamides is 1. The average Bonchev–Trinajstić information content (AvgIpc) is 2.73. The highest BCUT2D eigenvalue weighted by molar-refractivity contribution is 7.89. The SMILES string of the molecule is CCN(NC(=O)[C@H]1CCCN(S(=O)(=O)c2ccc(F)cc2)C1)c1ccc(C)cc1. The molecule has 0 saturated carbocycles. The van der Waals surface area contributed by atoms with Crippen LogP contribution in [-0.4, -0.2) is 38.3 Å². The third-order valence-electron chi connectivity index (χ3n) is 5.11. The first-order chi connectivity index (χ1) is 13.8. The molecule has 0 aromatic heterocycles. The predicted molar refractivity (Wildman–Crippen MR) is 110 cm³/mol. The summed E-state index contributed by atoms with van der Waals surface area (Å²) >= 11 is 0. The van der Waals surface area contributed by atoms with Gasteiger partial charge in [-0.2, -0.15) is 4.31 Å². The molecule has 0 bridgehead atoms. The van der Waals surface area contributed by atoms with E-state index in [0.717, 1.165) is 23.4 Å². The van der Waals surface area contributed by atoms with Crippen molar-refractivity contribution in [2.45, 2.75) is 31.6 Å². The van der Waals surface area contributed by atoms with Gasteiger partial charge in [0.15, 0.2) is 0 Å². The Hall–Kier alpha value is -2.45. The van der Waals surface area contributed by atoms with Gasteiger partial charge in [0.1, 0.15) is 5.82 Å². The van der Waals surface area contributed by atoms with E-state index in [9.17, 15) is 17.6 Å². The van der Waals surface area contributed by atoms with Crippen molar-refractivity contribution in [3.05, 3.63) is 59.9 Å². The molecule has 0 radical (unpaired) electrons. The average molecular weight is 420 g/mol. The fourth-order valence-corrected chi connectivity index (χ4v) is 4.93. The minimum Gasteiger partial charge on any atom is -0.286 e. The number of piperidine rings is 1. The van der Waals surface area contributed by atoms with Crippen LogP contribution in [0.5, 0.6) is 0 Å². The highest BCUT2D eigenvalue weighted by Gasteiger charge is 2.33. The molecule has 1 heterocycles. The zero-order valence-corrected chi connectivity index (χ0v) is 17.5. The number of hydrazine groups is 1. The largest absolute Gasteiger partial charge is 0.286 e. The zero-order chi connectivity index (χ0) is 21.0. The Kier molecular flexibility index (Phi) is 6.54. The van der Waals surface area contributed by atoms with Crippen LogP contribution in [0.3, 0.4) is 0 Å². The molecular formula is C21H26FN3O3S. The molecule has 2 aromatic rings. The number of amides is 1. The number of nitrogens with zero attached hydrogens (tertiary/aromatic N) is 2. The molecular weight excluding hydrogens is 393 g/mol. The van der Waals surface area contributed by atoms with Crippen molar-refractivity contribution in [2.75, 3.05) is 24.6 Å². The third kappa shape index (κ3) is 4.94. The molecule has 1 aliphatic heterocycles. The Balaban J connectivity index is 1.70. The lowest BCUT2D eigenvalue weighted by molar-refractivity contribution is -0.126. The summed E-state index contributed by atoms with van der Waals surface area (Å²) in [5, 5.41) is 1.76. The first-order valence-corrected chi connectivity index (χ1v) is 11.2. The predicted octanol–water partition coefficient (Wildman–Crippen LogP) is 3.09. The number of benzene rings is 2. The molecule has 29 heavy (non-hydrogen) atoms. The topological polar surface area (TPSA) is 69.7 Å². The van der Waals surface area contributed by atoms with Gasteiger partial charge in [-0.1, -0.05) is 17.7 Å². The zero-order valence-electron chi connectivity index (χ0n) is 16.6. The van der Waals surface area contributed by atoms with Crippen LogP contribution in [0.25, 0.3) is 0 Å². The summed E-state index contributed by atoms with van der Waals surface area (Å²) in [6.45, 7) is 4.97. The Bertz CT molecular complexity index is 946. The number of halogens is 1. The molecule has 1 aliphatic rings. The van der Waals surface area contributed by atoms with Gasteiger partial charge >= 0.3 is 0 Å². The summed E-state index contributed by atoms with van der Waals surface area (Å²) in [5.74, 6) is -1.14. The number of nitrogens with one attached hydrogen (secondary N) is 1. The van der Waals surface area contributed by atoms with Crippen molar-refractivity contribution in [1.82, 2.24) is 9.73 Å². The minimum absolute atomic E-state index is 0.0369. The van der Waals surface area contributed by atoms with Crippen LogP contribution < -0.4 is 10.4 Å². The fraction of sp³-hybridized carbons (Fsp3) is 0.381. The normalized spacial score (nSPS) is 17.7. The van der Waals surface area contributed by atoms with Crippen LogP contribution in [0.4, 0.5) is 10.1 Å². The van der Waals surface area contributed by atoms with Gasteiger partial charge in [0, 0.05) is 19.6 Å². The molecule has 0 aliphatic carbocycles. The van der Waals surface area contributed by atoms with E-state index < -0.39 is 21.8 Å². The maximum atomic E-state index is 13.1. The Morgan fingerprint density at radius 1 is 1.17 bits per heavy atom.